The summed E-state index contributed by atoms with van der Waals surface area (Å²) in [5, 5.41) is 11.4. The molecule has 0 bridgehead atoms. The lowest BCUT2D eigenvalue weighted by Crippen LogP contribution is -2.26. The smallest absolute Gasteiger partial charge is 0.443 e. The van der Waals surface area contributed by atoms with E-state index < -0.39 is 23.1 Å². The number of hydrogen-bond donors (Lipinski definition) is 2. The van der Waals surface area contributed by atoms with Crippen LogP contribution in [0, 0.1) is 0 Å². The van der Waals surface area contributed by atoms with E-state index in [0.29, 0.717) is 29.1 Å². The topological polar surface area (TPSA) is 88.5 Å². The Bertz CT molecular complexity index is 789. The lowest BCUT2D eigenvalue weighted by molar-refractivity contribution is -0.137. The second-order valence-electron chi connectivity index (χ2n) is 4.87. The molecule has 0 aliphatic rings. The Hall–Kier alpha value is -2.62. The first-order chi connectivity index (χ1) is 11.7. The van der Waals surface area contributed by atoms with E-state index in [0.717, 1.165) is 5.38 Å². The van der Waals surface area contributed by atoms with Crippen LogP contribution in [0.1, 0.15) is 31.4 Å². The average Bonchev–Trinajstić information content (AvgIpc) is 3.05. The molecule has 0 unspecified atom stereocenters. The number of carbonyl (C=O) groups is 2. The molecule has 1 amide bonds. The molecule has 0 atom stereocenters. The SMILES string of the molecule is COc1cc(C(=O)O)ccc1CCNC(=O)c1csc(C(F)(F)F)n1. The minimum absolute atomic E-state index is 0.0618. The summed E-state index contributed by atoms with van der Waals surface area (Å²) in [4.78, 5) is 26.0. The zero-order chi connectivity index (χ0) is 18.6. The molecule has 6 nitrogen and oxygen atoms in total. The van der Waals surface area contributed by atoms with Crippen molar-refractivity contribution in [3.8, 4) is 5.75 Å². The van der Waals surface area contributed by atoms with E-state index in [2.05, 4.69) is 10.3 Å². The first-order valence-electron chi connectivity index (χ1n) is 6.93. The number of amides is 1. The van der Waals surface area contributed by atoms with Gasteiger partial charge in [0.05, 0.1) is 12.7 Å². The van der Waals surface area contributed by atoms with E-state index in [1.165, 1.54) is 19.2 Å². The number of nitrogens with zero attached hydrogens (tertiary/aromatic N) is 1. The highest BCUT2D eigenvalue weighted by Gasteiger charge is 2.35. The molecule has 134 valence electrons. The zero-order valence-electron chi connectivity index (χ0n) is 12.9. The minimum atomic E-state index is -4.58. The van der Waals surface area contributed by atoms with Crippen molar-refractivity contribution in [3.63, 3.8) is 0 Å². The van der Waals surface area contributed by atoms with Gasteiger partial charge in [-0.3, -0.25) is 4.79 Å². The maximum Gasteiger partial charge on any atom is 0.443 e. The van der Waals surface area contributed by atoms with Crippen molar-refractivity contribution in [1.82, 2.24) is 10.3 Å². The molecule has 0 saturated carbocycles. The Morgan fingerprint density at radius 2 is 2.08 bits per heavy atom. The number of hydrogen-bond acceptors (Lipinski definition) is 5. The van der Waals surface area contributed by atoms with Gasteiger partial charge in [0.15, 0.2) is 5.01 Å². The number of halogens is 3. The summed E-state index contributed by atoms with van der Waals surface area (Å²) in [5.41, 5.74) is 0.416. The first-order valence-corrected chi connectivity index (χ1v) is 7.81. The summed E-state index contributed by atoms with van der Waals surface area (Å²) >= 11 is 0.352. The molecule has 0 spiro atoms. The van der Waals surface area contributed by atoms with Crippen molar-refractivity contribution in [1.29, 1.82) is 0 Å². The van der Waals surface area contributed by atoms with Gasteiger partial charge in [-0.05, 0) is 24.1 Å². The molecule has 0 aliphatic heterocycles. The fourth-order valence-electron chi connectivity index (χ4n) is 1.99. The van der Waals surface area contributed by atoms with Crippen molar-refractivity contribution in [2.24, 2.45) is 0 Å². The number of ether oxygens (including phenoxy) is 1. The number of rotatable bonds is 6. The fraction of sp³-hybridized carbons (Fsp3) is 0.267. The van der Waals surface area contributed by atoms with Crippen molar-refractivity contribution in [2.75, 3.05) is 13.7 Å². The lowest BCUT2D eigenvalue weighted by atomic mass is 10.1. The Labute approximate surface area is 144 Å². The predicted octanol–water partition coefficient (Wildman–Crippen LogP) is 2.84. The third-order valence-corrected chi connectivity index (χ3v) is 4.08. The molecular weight excluding hydrogens is 361 g/mol. The van der Waals surface area contributed by atoms with Crippen molar-refractivity contribution < 1.29 is 32.6 Å². The third kappa shape index (κ3) is 4.69. The summed E-state index contributed by atoms with van der Waals surface area (Å²) in [7, 11) is 1.39. The summed E-state index contributed by atoms with van der Waals surface area (Å²) < 4.78 is 42.5. The van der Waals surface area contributed by atoms with Crippen LogP contribution >= 0.6 is 11.3 Å². The van der Waals surface area contributed by atoms with Gasteiger partial charge < -0.3 is 15.2 Å². The van der Waals surface area contributed by atoms with Gasteiger partial charge in [0.25, 0.3) is 5.91 Å². The molecule has 2 rings (SSSR count). The standard InChI is InChI=1S/C15H13F3N2O4S/c1-24-11-6-9(13(22)23)3-2-8(11)4-5-19-12(21)10-7-25-14(20-10)15(16,17)18/h2-3,6-7H,4-5H2,1H3,(H,19,21)(H,22,23). The van der Waals surface area contributed by atoms with Gasteiger partial charge >= 0.3 is 12.1 Å². The van der Waals surface area contributed by atoms with Gasteiger partial charge in [0.2, 0.25) is 0 Å². The lowest BCUT2D eigenvalue weighted by Gasteiger charge is -2.10. The summed E-state index contributed by atoms with van der Waals surface area (Å²) in [6.45, 7) is 0.125. The maximum atomic E-state index is 12.5. The number of carboxylic acids is 1. The quantitative estimate of drug-likeness (QED) is 0.812. The van der Waals surface area contributed by atoms with Crippen molar-refractivity contribution >= 4 is 23.2 Å². The van der Waals surface area contributed by atoms with E-state index in [-0.39, 0.29) is 17.8 Å². The molecule has 1 heterocycles. The molecule has 2 N–H and O–H groups in total. The van der Waals surface area contributed by atoms with Crippen LogP contribution in [-0.2, 0) is 12.6 Å². The molecule has 0 radical (unpaired) electrons. The minimum Gasteiger partial charge on any atom is -0.496 e. The molecule has 2 aromatic rings. The number of alkyl halides is 3. The first kappa shape index (κ1) is 18.7. The average molecular weight is 374 g/mol. The number of nitrogens with one attached hydrogen (secondary N) is 1. The van der Waals surface area contributed by atoms with Crippen LogP contribution in [0.3, 0.4) is 0 Å². The van der Waals surface area contributed by atoms with E-state index in [4.69, 9.17) is 9.84 Å². The van der Waals surface area contributed by atoms with Gasteiger partial charge in [-0.1, -0.05) is 6.07 Å². The highest BCUT2D eigenvalue weighted by Crippen LogP contribution is 2.31. The Morgan fingerprint density at radius 3 is 2.64 bits per heavy atom. The van der Waals surface area contributed by atoms with Crippen LogP contribution in [0.25, 0.3) is 0 Å². The molecular formula is C15H13F3N2O4S. The number of methoxy groups -OCH3 is 1. The second kappa shape index (κ2) is 7.51. The van der Waals surface area contributed by atoms with E-state index in [1.54, 1.807) is 6.07 Å². The molecule has 1 aromatic heterocycles. The molecule has 10 heteroatoms. The molecule has 1 aromatic carbocycles. The second-order valence-corrected chi connectivity index (χ2v) is 5.73. The Morgan fingerprint density at radius 1 is 1.36 bits per heavy atom. The number of carboxylic acid groups (broad SMARTS) is 1. The highest BCUT2D eigenvalue weighted by molar-refractivity contribution is 7.09. The van der Waals surface area contributed by atoms with E-state index in [1.807, 2.05) is 0 Å². The maximum absolute atomic E-state index is 12.5. The fourth-order valence-corrected chi connectivity index (χ4v) is 2.66. The van der Waals surface area contributed by atoms with Crippen molar-refractivity contribution in [2.45, 2.75) is 12.6 Å². The van der Waals surface area contributed by atoms with Gasteiger partial charge in [-0.2, -0.15) is 13.2 Å². The summed E-state index contributed by atoms with van der Waals surface area (Å²) in [6, 6.07) is 4.31. The largest absolute Gasteiger partial charge is 0.496 e. The number of thiazole rings is 1. The van der Waals surface area contributed by atoms with Crippen LogP contribution in [0.5, 0.6) is 5.75 Å². The van der Waals surface area contributed by atoms with Crippen LogP contribution in [-0.4, -0.2) is 35.6 Å². The molecule has 25 heavy (non-hydrogen) atoms. The summed E-state index contributed by atoms with van der Waals surface area (Å²) in [5.74, 6) is -1.46. The number of aromatic carboxylic acids is 1. The number of benzene rings is 1. The predicted molar refractivity (Wildman–Crippen MR) is 83.1 cm³/mol. The Balaban J connectivity index is 1.97. The summed E-state index contributed by atoms with van der Waals surface area (Å²) in [6.07, 6.45) is -4.27. The van der Waals surface area contributed by atoms with Gasteiger partial charge in [0.1, 0.15) is 11.4 Å². The van der Waals surface area contributed by atoms with Crippen LogP contribution in [0.4, 0.5) is 13.2 Å². The van der Waals surface area contributed by atoms with Gasteiger partial charge in [-0.15, -0.1) is 11.3 Å². The zero-order valence-corrected chi connectivity index (χ0v) is 13.7. The molecule has 0 aliphatic carbocycles. The van der Waals surface area contributed by atoms with Crippen LogP contribution in [0.15, 0.2) is 23.6 Å². The molecule has 0 saturated heterocycles. The third-order valence-electron chi connectivity index (χ3n) is 3.19. The number of carbonyl (C=O) groups excluding carboxylic acids is 1. The Kier molecular flexibility index (Phi) is 5.62. The van der Waals surface area contributed by atoms with Crippen LogP contribution < -0.4 is 10.1 Å². The highest BCUT2D eigenvalue weighted by atomic mass is 32.1. The van der Waals surface area contributed by atoms with E-state index >= 15 is 0 Å². The monoisotopic (exact) mass is 374 g/mol. The van der Waals surface area contributed by atoms with Crippen LogP contribution in [0.2, 0.25) is 0 Å². The van der Waals surface area contributed by atoms with Crippen molar-refractivity contribution in [3.05, 3.63) is 45.4 Å². The van der Waals surface area contributed by atoms with E-state index in [9.17, 15) is 22.8 Å². The molecule has 0 fully saturated rings. The normalized spacial score (nSPS) is 11.2. The number of aromatic nitrogens is 1. The van der Waals surface area contributed by atoms with Gasteiger partial charge in [0, 0.05) is 11.9 Å². The van der Waals surface area contributed by atoms with Gasteiger partial charge in [-0.25, -0.2) is 9.78 Å².